The van der Waals surface area contributed by atoms with Crippen molar-refractivity contribution < 1.29 is 14.0 Å². The van der Waals surface area contributed by atoms with Gasteiger partial charge in [-0.25, -0.2) is 4.39 Å². The smallest absolute Gasteiger partial charge is 0.293 e. The van der Waals surface area contributed by atoms with Gasteiger partial charge in [0, 0.05) is 35.8 Å². The van der Waals surface area contributed by atoms with E-state index in [0.717, 1.165) is 46.6 Å². The number of aromatic nitrogens is 1. The average molecular weight is 408 g/mol. The molecule has 0 radical (unpaired) electrons. The van der Waals surface area contributed by atoms with Crippen LogP contribution in [0.1, 0.15) is 30.9 Å². The fraction of sp³-hybridized carbons (Fsp3) is 0.217. The molecule has 6 heteroatoms. The number of rotatable bonds is 6. The molecule has 1 aromatic heterocycles. The van der Waals surface area contributed by atoms with Crippen molar-refractivity contribution >= 4 is 39.9 Å². The number of carbonyl (C=O) groups is 2. The summed E-state index contributed by atoms with van der Waals surface area (Å²) in [5.41, 5.74) is 2.73. The first-order valence-electron chi connectivity index (χ1n) is 9.64. The third-order valence-electron chi connectivity index (χ3n) is 4.96. The Morgan fingerprint density at radius 2 is 1.93 bits per heavy atom. The number of para-hydroxylation sites is 1. The zero-order valence-corrected chi connectivity index (χ0v) is 16.9. The summed E-state index contributed by atoms with van der Waals surface area (Å²) in [6, 6.07) is 14.4. The lowest BCUT2D eigenvalue weighted by Gasteiger charge is -2.10. The summed E-state index contributed by atoms with van der Waals surface area (Å²) >= 11 is 0.991. The number of amides is 2. The molecule has 0 spiro atoms. The number of hydrogen-bond donors (Lipinski definition) is 0. The molecule has 1 aliphatic rings. The Labute approximate surface area is 173 Å². The van der Waals surface area contributed by atoms with Crippen LogP contribution in [0.15, 0.2) is 59.6 Å². The lowest BCUT2D eigenvalue weighted by atomic mass is 10.1. The molecule has 0 N–H and O–H groups in total. The predicted molar refractivity (Wildman–Crippen MR) is 115 cm³/mol. The minimum Gasteiger partial charge on any atom is -0.342 e. The summed E-state index contributed by atoms with van der Waals surface area (Å²) in [5, 5.41) is 0.780. The lowest BCUT2D eigenvalue weighted by molar-refractivity contribution is -0.122. The first-order valence-corrected chi connectivity index (χ1v) is 10.5. The largest absolute Gasteiger partial charge is 0.342 e. The van der Waals surface area contributed by atoms with Gasteiger partial charge in [-0.2, -0.15) is 0 Å². The molecule has 2 heterocycles. The Morgan fingerprint density at radius 1 is 1.10 bits per heavy atom. The minimum absolute atomic E-state index is 0.210. The van der Waals surface area contributed by atoms with Crippen LogP contribution >= 0.6 is 11.8 Å². The van der Waals surface area contributed by atoms with Crippen molar-refractivity contribution in [2.45, 2.75) is 26.3 Å². The van der Waals surface area contributed by atoms with E-state index >= 15 is 0 Å². The van der Waals surface area contributed by atoms with Crippen molar-refractivity contribution in [1.29, 1.82) is 0 Å². The summed E-state index contributed by atoms with van der Waals surface area (Å²) < 4.78 is 15.6. The van der Waals surface area contributed by atoms with E-state index in [-0.39, 0.29) is 17.0 Å². The van der Waals surface area contributed by atoms with Crippen LogP contribution in [0, 0.1) is 5.82 Å². The van der Waals surface area contributed by atoms with Gasteiger partial charge in [-0.05, 0) is 48.0 Å². The number of unbranched alkanes of at least 4 members (excludes halogenated alkanes) is 1. The lowest BCUT2D eigenvalue weighted by Crippen LogP contribution is -2.29. The summed E-state index contributed by atoms with van der Waals surface area (Å²) in [6.45, 7) is 3.01. The fourth-order valence-electron chi connectivity index (χ4n) is 3.50. The molecule has 1 fully saturated rings. The minimum atomic E-state index is -0.264. The molecule has 0 atom stereocenters. The van der Waals surface area contributed by atoms with Crippen molar-refractivity contribution in [3.8, 4) is 0 Å². The van der Waals surface area contributed by atoms with Gasteiger partial charge in [0.05, 0.1) is 4.91 Å². The Kier molecular flexibility index (Phi) is 5.53. The third-order valence-corrected chi connectivity index (χ3v) is 5.86. The Hall–Kier alpha value is -2.86. The average Bonchev–Trinajstić information content (AvgIpc) is 3.18. The Morgan fingerprint density at radius 3 is 2.72 bits per heavy atom. The van der Waals surface area contributed by atoms with Crippen LogP contribution in [0.2, 0.25) is 0 Å². The SMILES string of the molecule is CCCCN1C(=O)S/C(=C\c2cn(Cc3cccc(F)c3)c3ccccc23)C1=O. The van der Waals surface area contributed by atoms with Crippen molar-refractivity contribution in [3.63, 3.8) is 0 Å². The summed E-state index contributed by atoms with van der Waals surface area (Å²) in [6.07, 6.45) is 5.48. The van der Waals surface area contributed by atoms with E-state index < -0.39 is 0 Å². The van der Waals surface area contributed by atoms with Gasteiger partial charge in [0.1, 0.15) is 5.82 Å². The Bertz CT molecular complexity index is 1120. The van der Waals surface area contributed by atoms with Crippen molar-refractivity contribution in [2.24, 2.45) is 0 Å². The number of hydrogen-bond acceptors (Lipinski definition) is 3. The second kappa shape index (κ2) is 8.25. The second-order valence-electron chi connectivity index (χ2n) is 7.05. The zero-order chi connectivity index (χ0) is 20.4. The maximum Gasteiger partial charge on any atom is 0.293 e. The molecule has 4 rings (SSSR count). The van der Waals surface area contributed by atoms with E-state index in [0.29, 0.717) is 18.0 Å². The molecule has 0 bridgehead atoms. The van der Waals surface area contributed by atoms with Crippen molar-refractivity contribution in [2.75, 3.05) is 6.54 Å². The number of halogens is 1. The van der Waals surface area contributed by atoms with Gasteiger partial charge in [0.25, 0.3) is 11.1 Å². The van der Waals surface area contributed by atoms with E-state index in [1.807, 2.05) is 48.0 Å². The van der Waals surface area contributed by atoms with Gasteiger partial charge in [-0.15, -0.1) is 0 Å². The van der Waals surface area contributed by atoms with Gasteiger partial charge >= 0.3 is 0 Å². The van der Waals surface area contributed by atoms with Crippen LogP contribution in [0.4, 0.5) is 9.18 Å². The highest BCUT2D eigenvalue weighted by Crippen LogP contribution is 2.34. The first kappa shape index (κ1) is 19.5. The van der Waals surface area contributed by atoms with Crippen LogP contribution in [0.5, 0.6) is 0 Å². The van der Waals surface area contributed by atoms with Gasteiger partial charge in [-0.1, -0.05) is 43.7 Å². The molecule has 2 amide bonds. The van der Waals surface area contributed by atoms with Crippen LogP contribution in [-0.4, -0.2) is 27.2 Å². The van der Waals surface area contributed by atoms with Gasteiger partial charge in [-0.3, -0.25) is 14.5 Å². The fourth-order valence-corrected chi connectivity index (χ4v) is 4.36. The van der Waals surface area contributed by atoms with Crippen LogP contribution in [-0.2, 0) is 11.3 Å². The maximum absolute atomic E-state index is 13.6. The van der Waals surface area contributed by atoms with Gasteiger partial charge < -0.3 is 4.57 Å². The molecule has 1 saturated heterocycles. The topological polar surface area (TPSA) is 42.3 Å². The maximum atomic E-state index is 13.6. The molecule has 1 aliphatic heterocycles. The number of benzene rings is 2. The van der Waals surface area contributed by atoms with Crippen molar-refractivity contribution in [3.05, 3.63) is 76.6 Å². The summed E-state index contributed by atoms with van der Waals surface area (Å²) in [4.78, 5) is 26.7. The molecule has 29 heavy (non-hydrogen) atoms. The van der Waals surface area contributed by atoms with E-state index in [9.17, 15) is 14.0 Å². The van der Waals surface area contributed by atoms with E-state index in [1.54, 1.807) is 12.1 Å². The quantitative estimate of drug-likeness (QED) is 0.494. The number of carbonyl (C=O) groups excluding carboxylic acids is 2. The highest BCUT2D eigenvalue weighted by molar-refractivity contribution is 8.18. The highest BCUT2D eigenvalue weighted by Gasteiger charge is 2.34. The molecule has 148 valence electrons. The molecular formula is C23H21FN2O2S. The zero-order valence-electron chi connectivity index (χ0n) is 16.1. The molecule has 0 saturated carbocycles. The first-order chi connectivity index (χ1) is 14.1. The van der Waals surface area contributed by atoms with E-state index in [4.69, 9.17) is 0 Å². The summed E-state index contributed by atoms with van der Waals surface area (Å²) in [7, 11) is 0. The van der Waals surface area contributed by atoms with Gasteiger partial charge in [0.15, 0.2) is 0 Å². The third kappa shape index (κ3) is 3.98. The molecule has 3 aromatic rings. The second-order valence-corrected chi connectivity index (χ2v) is 8.04. The van der Waals surface area contributed by atoms with Crippen LogP contribution in [0.25, 0.3) is 17.0 Å². The predicted octanol–water partition coefficient (Wildman–Crippen LogP) is 5.67. The number of nitrogens with zero attached hydrogens (tertiary/aromatic N) is 2. The summed E-state index contributed by atoms with van der Waals surface area (Å²) in [5.74, 6) is -0.490. The number of imide groups is 1. The standard InChI is InChI=1S/C23H21FN2O2S/c1-2-3-11-26-22(27)21(29-23(26)28)13-17-15-25(20-10-5-4-9-19(17)20)14-16-7-6-8-18(24)12-16/h4-10,12-13,15H,2-3,11,14H2,1H3/b21-13-. The van der Waals surface area contributed by atoms with E-state index in [2.05, 4.69) is 0 Å². The molecule has 0 unspecified atom stereocenters. The Balaban J connectivity index is 1.69. The normalized spacial score (nSPS) is 15.8. The monoisotopic (exact) mass is 408 g/mol. The number of thioether (sulfide) groups is 1. The molecule has 2 aromatic carbocycles. The van der Waals surface area contributed by atoms with Crippen molar-refractivity contribution in [1.82, 2.24) is 9.47 Å². The van der Waals surface area contributed by atoms with Gasteiger partial charge in [0.2, 0.25) is 0 Å². The molecule has 0 aliphatic carbocycles. The van der Waals surface area contributed by atoms with Crippen LogP contribution < -0.4 is 0 Å². The molecule has 4 nitrogen and oxygen atoms in total. The molecular weight excluding hydrogens is 387 g/mol. The van der Waals surface area contributed by atoms with E-state index in [1.165, 1.54) is 17.0 Å². The number of fused-ring (bicyclic) bond motifs is 1. The highest BCUT2D eigenvalue weighted by atomic mass is 32.2. The van der Waals surface area contributed by atoms with Crippen LogP contribution in [0.3, 0.4) is 0 Å².